The van der Waals surface area contributed by atoms with Crippen LogP contribution in [0.15, 0.2) is 150 Å². The van der Waals surface area contributed by atoms with E-state index >= 15 is 0 Å². The summed E-state index contributed by atoms with van der Waals surface area (Å²) in [7, 11) is 0. The van der Waals surface area contributed by atoms with Crippen molar-refractivity contribution in [3.63, 3.8) is 0 Å². The molecule has 0 fully saturated rings. The molecule has 5 heteroatoms. The highest BCUT2D eigenvalue weighted by Gasteiger charge is 2.19. The van der Waals surface area contributed by atoms with Crippen LogP contribution in [-0.2, 0) is 0 Å². The van der Waals surface area contributed by atoms with E-state index in [0.717, 1.165) is 66.0 Å². The molecule has 206 valence electrons. The van der Waals surface area contributed by atoms with Crippen LogP contribution in [0.5, 0.6) is 0 Å². The number of nitrogens with zero attached hydrogens (tertiary/aromatic N) is 4. The number of hydrogen-bond acceptors (Lipinski definition) is 4. The maximum atomic E-state index is 6.43. The van der Waals surface area contributed by atoms with Crippen LogP contribution >= 0.6 is 0 Å². The second kappa shape index (κ2) is 9.75. The fourth-order valence-corrected chi connectivity index (χ4v) is 6.27. The van der Waals surface area contributed by atoms with Crippen molar-refractivity contribution in [2.45, 2.75) is 0 Å². The Bertz CT molecular complexity index is 2440. The maximum Gasteiger partial charge on any atom is 0.238 e. The number of aromatic nitrogens is 4. The Balaban J connectivity index is 1.28. The molecular weight excluding hydrogens is 540 g/mol. The summed E-state index contributed by atoms with van der Waals surface area (Å²) in [6.45, 7) is 0. The monoisotopic (exact) mass is 564 g/mol. The van der Waals surface area contributed by atoms with Gasteiger partial charge in [0.15, 0.2) is 11.6 Å². The van der Waals surface area contributed by atoms with Crippen molar-refractivity contribution in [2.75, 3.05) is 0 Å². The molecule has 0 spiro atoms. The summed E-state index contributed by atoms with van der Waals surface area (Å²) in [6.07, 6.45) is 0. The zero-order chi connectivity index (χ0) is 29.0. The van der Waals surface area contributed by atoms with Gasteiger partial charge in [-0.15, -0.1) is 0 Å². The first-order chi connectivity index (χ1) is 21.8. The third-order valence-corrected chi connectivity index (χ3v) is 8.28. The molecule has 0 atom stereocenters. The Morgan fingerprint density at radius 1 is 0.432 bits per heavy atom. The second-order valence-electron chi connectivity index (χ2n) is 10.9. The van der Waals surface area contributed by atoms with Crippen LogP contribution in [0.2, 0.25) is 0 Å². The minimum Gasteiger partial charge on any atom is -0.456 e. The molecule has 0 bridgehead atoms. The first-order valence-electron chi connectivity index (χ1n) is 14.6. The molecule has 0 aliphatic heterocycles. The first-order valence-corrected chi connectivity index (χ1v) is 14.6. The molecule has 5 nitrogen and oxygen atoms in total. The molecule has 0 aliphatic rings. The van der Waals surface area contributed by atoms with Crippen LogP contribution in [0.1, 0.15) is 0 Å². The molecule has 0 unspecified atom stereocenters. The number of rotatable bonds is 4. The zero-order valence-corrected chi connectivity index (χ0v) is 23.6. The van der Waals surface area contributed by atoms with E-state index in [2.05, 4.69) is 95.6 Å². The van der Waals surface area contributed by atoms with Gasteiger partial charge < -0.3 is 4.42 Å². The molecule has 0 radical (unpaired) electrons. The van der Waals surface area contributed by atoms with E-state index < -0.39 is 0 Å². The van der Waals surface area contributed by atoms with E-state index in [-0.39, 0.29) is 0 Å². The summed E-state index contributed by atoms with van der Waals surface area (Å²) in [5.74, 6) is 1.77. The van der Waals surface area contributed by atoms with E-state index in [9.17, 15) is 0 Å². The molecule has 3 aromatic heterocycles. The lowest BCUT2D eigenvalue weighted by molar-refractivity contribution is 0.669. The van der Waals surface area contributed by atoms with Crippen molar-refractivity contribution in [1.82, 2.24) is 19.5 Å². The highest BCUT2D eigenvalue weighted by atomic mass is 16.3. The number of hydrogen-bond donors (Lipinski definition) is 0. The fraction of sp³-hybridized carbons (Fsp3) is 0. The Labute approximate surface area is 252 Å². The quantitative estimate of drug-likeness (QED) is 0.213. The van der Waals surface area contributed by atoms with Crippen LogP contribution in [0.4, 0.5) is 0 Å². The van der Waals surface area contributed by atoms with Gasteiger partial charge in [-0.2, -0.15) is 9.97 Å². The third-order valence-electron chi connectivity index (χ3n) is 8.28. The van der Waals surface area contributed by atoms with Gasteiger partial charge in [-0.3, -0.25) is 4.57 Å². The third kappa shape index (κ3) is 3.83. The minimum absolute atomic E-state index is 0.572. The lowest BCUT2D eigenvalue weighted by Gasteiger charge is -2.11. The SMILES string of the molecule is c1ccc(-c2nc(-c3ccc4c(c3)oc3cccc(-c5ccccc5)c34)nc(-n3c4ccccc4c4ccccc43)n2)cc1. The smallest absolute Gasteiger partial charge is 0.238 e. The average molecular weight is 565 g/mol. The molecule has 44 heavy (non-hydrogen) atoms. The van der Waals surface area contributed by atoms with E-state index in [0.29, 0.717) is 17.6 Å². The first kappa shape index (κ1) is 24.5. The van der Waals surface area contributed by atoms with Gasteiger partial charge in [0.2, 0.25) is 5.95 Å². The van der Waals surface area contributed by atoms with Crippen molar-refractivity contribution in [3.8, 4) is 39.9 Å². The molecule has 0 saturated carbocycles. The normalized spacial score (nSPS) is 11.6. The lowest BCUT2D eigenvalue weighted by Crippen LogP contribution is -2.06. The van der Waals surface area contributed by atoms with Crippen LogP contribution < -0.4 is 0 Å². The number of furan rings is 1. The largest absolute Gasteiger partial charge is 0.456 e. The minimum atomic E-state index is 0.572. The molecule has 0 aliphatic carbocycles. The molecule has 3 heterocycles. The Morgan fingerprint density at radius 3 is 1.75 bits per heavy atom. The Morgan fingerprint density at radius 2 is 1.05 bits per heavy atom. The van der Waals surface area contributed by atoms with E-state index in [1.165, 1.54) is 0 Å². The molecule has 9 aromatic rings. The van der Waals surface area contributed by atoms with Crippen LogP contribution in [0.3, 0.4) is 0 Å². The number of para-hydroxylation sites is 2. The highest BCUT2D eigenvalue weighted by Crippen LogP contribution is 2.38. The van der Waals surface area contributed by atoms with Crippen LogP contribution in [-0.4, -0.2) is 19.5 Å². The van der Waals surface area contributed by atoms with Gasteiger partial charge in [0.1, 0.15) is 11.2 Å². The predicted molar refractivity (Wildman–Crippen MR) is 178 cm³/mol. The van der Waals surface area contributed by atoms with Gasteiger partial charge in [-0.05, 0) is 41.5 Å². The number of fused-ring (bicyclic) bond motifs is 6. The van der Waals surface area contributed by atoms with E-state index in [1.54, 1.807) is 0 Å². The topological polar surface area (TPSA) is 56.7 Å². The Hall–Kier alpha value is -6.07. The summed E-state index contributed by atoms with van der Waals surface area (Å²) in [5.41, 5.74) is 7.83. The summed E-state index contributed by atoms with van der Waals surface area (Å²) in [4.78, 5) is 15.1. The zero-order valence-electron chi connectivity index (χ0n) is 23.6. The standard InChI is InChI=1S/C39H24N4O/c1-3-12-25(13-4-1)28-18-11-21-34-36(28)31-23-22-27(24-35(31)44-34)38-40-37(26-14-5-2-6-15-26)41-39(42-38)43-32-19-9-7-16-29(32)30-17-8-10-20-33(30)43/h1-24H. The summed E-state index contributed by atoms with van der Waals surface area (Å²) < 4.78 is 8.57. The van der Waals surface area contributed by atoms with Crippen molar-refractivity contribution in [2.24, 2.45) is 0 Å². The molecule has 0 N–H and O–H groups in total. The van der Waals surface area contributed by atoms with E-state index in [4.69, 9.17) is 19.4 Å². The lowest BCUT2D eigenvalue weighted by atomic mass is 9.99. The molecule has 0 amide bonds. The summed E-state index contributed by atoms with van der Waals surface area (Å²) in [6, 6.07) is 49.7. The Kier molecular flexibility index (Phi) is 5.43. The van der Waals surface area contributed by atoms with Crippen LogP contribution in [0.25, 0.3) is 83.6 Å². The van der Waals surface area contributed by atoms with Crippen molar-refractivity contribution in [1.29, 1.82) is 0 Å². The highest BCUT2D eigenvalue weighted by molar-refractivity contribution is 6.13. The summed E-state index contributed by atoms with van der Waals surface area (Å²) >= 11 is 0. The second-order valence-corrected chi connectivity index (χ2v) is 10.9. The molecule has 6 aromatic carbocycles. The fourth-order valence-electron chi connectivity index (χ4n) is 6.27. The van der Waals surface area contributed by atoms with Crippen molar-refractivity contribution >= 4 is 43.7 Å². The maximum absolute atomic E-state index is 6.43. The molecule has 0 saturated heterocycles. The van der Waals surface area contributed by atoms with Gasteiger partial charge in [0, 0.05) is 32.7 Å². The van der Waals surface area contributed by atoms with Gasteiger partial charge in [-0.25, -0.2) is 4.98 Å². The van der Waals surface area contributed by atoms with Gasteiger partial charge in [-0.1, -0.05) is 115 Å². The summed E-state index contributed by atoms with van der Waals surface area (Å²) in [5, 5.41) is 4.48. The van der Waals surface area contributed by atoms with Gasteiger partial charge in [0.25, 0.3) is 0 Å². The van der Waals surface area contributed by atoms with Gasteiger partial charge >= 0.3 is 0 Å². The van der Waals surface area contributed by atoms with E-state index in [1.807, 2.05) is 54.6 Å². The molecule has 9 rings (SSSR count). The number of benzene rings is 6. The predicted octanol–water partition coefficient (Wildman–Crippen LogP) is 9.87. The van der Waals surface area contributed by atoms with Crippen LogP contribution in [0, 0.1) is 0 Å². The average Bonchev–Trinajstić information content (AvgIpc) is 3.64. The van der Waals surface area contributed by atoms with Crippen molar-refractivity contribution < 1.29 is 4.42 Å². The molecular formula is C39H24N4O. The van der Waals surface area contributed by atoms with Gasteiger partial charge in [0.05, 0.1) is 11.0 Å². The van der Waals surface area contributed by atoms with Crippen molar-refractivity contribution in [3.05, 3.63) is 146 Å².